The minimum Gasteiger partial charge on any atom is -0.0652 e. The van der Waals surface area contributed by atoms with Gasteiger partial charge in [0, 0.05) is 20.8 Å². The van der Waals surface area contributed by atoms with E-state index >= 15 is 0 Å². The van der Waals surface area contributed by atoms with Gasteiger partial charge in [-0.1, -0.05) is 75.6 Å². The van der Waals surface area contributed by atoms with Gasteiger partial charge in [-0.25, -0.2) is 0 Å². The van der Waals surface area contributed by atoms with Gasteiger partial charge in [0.25, 0.3) is 0 Å². The first-order valence-electron chi connectivity index (χ1n) is 9.90. The van der Waals surface area contributed by atoms with Crippen LogP contribution in [0.15, 0.2) is 68.6 Å². The molecule has 0 radical (unpaired) electrons. The predicted molar refractivity (Wildman–Crippen MR) is 128 cm³/mol. The Balaban J connectivity index is 1.47. The lowest BCUT2D eigenvalue weighted by Crippen LogP contribution is -2.03. The summed E-state index contributed by atoms with van der Waals surface area (Å²) < 4.78 is 2.46. The topological polar surface area (TPSA) is 0 Å². The summed E-state index contributed by atoms with van der Waals surface area (Å²) in [5.41, 5.74) is 8.69. The van der Waals surface area contributed by atoms with E-state index in [1.807, 2.05) is 0 Å². The summed E-state index contributed by atoms with van der Waals surface area (Å²) in [6.45, 7) is 4.58. The van der Waals surface area contributed by atoms with Crippen molar-refractivity contribution in [2.24, 2.45) is 0 Å². The smallest absolute Gasteiger partial charge is 0.0329 e. The number of hydrogen-bond donors (Lipinski definition) is 0. The Morgan fingerprint density at radius 1 is 0.750 bits per heavy atom. The fourth-order valence-corrected chi connectivity index (χ4v) is 6.23. The van der Waals surface area contributed by atoms with Gasteiger partial charge in [0.15, 0.2) is 0 Å². The third-order valence-corrected chi connectivity index (χ3v) is 8.03. The minimum atomic E-state index is 0.514. The first-order valence-corrected chi connectivity index (χ1v) is 11.5. The largest absolute Gasteiger partial charge is 0.0652 e. The SMILES string of the molecule is CC1=Cc2c(Br)cccc2C1CCC1C(C)=Cc2c1cc1ccccc1c2Br. The molecule has 0 saturated carbocycles. The van der Waals surface area contributed by atoms with Gasteiger partial charge in [0.1, 0.15) is 0 Å². The zero-order chi connectivity index (χ0) is 19.4. The van der Waals surface area contributed by atoms with E-state index in [0.717, 1.165) is 0 Å². The van der Waals surface area contributed by atoms with Crippen molar-refractivity contribution in [1.29, 1.82) is 0 Å². The quantitative estimate of drug-likeness (QED) is 0.341. The molecule has 0 spiro atoms. The molecule has 140 valence electrons. The summed E-state index contributed by atoms with van der Waals surface area (Å²) in [4.78, 5) is 0. The van der Waals surface area contributed by atoms with Crippen LogP contribution in [-0.4, -0.2) is 0 Å². The van der Waals surface area contributed by atoms with Gasteiger partial charge in [-0.05, 0) is 87.8 Å². The van der Waals surface area contributed by atoms with Crippen LogP contribution in [-0.2, 0) is 0 Å². The maximum absolute atomic E-state index is 3.89. The van der Waals surface area contributed by atoms with Crippen LogP contribution in [0.5, 0.6) is 0 Å². The molecule has 0 fully saturated rings. The number of allylic oxidation sites excluding steroid dienone is 2. The Labute approximate surface area is 183 Å². The van der Waals surface area contributed by atoms with Gasteiger partial charge in [-0.2, -0.15) is 0 Å². The van der Waals surface area contributed by atoms with Crippen molar-refractivity contribution in [2.45, 2.75) is 38.5 Å². The van der Waals surface area contributed by atoms with Gasteiger partial charge in [-0.3, -0.25) is 0 Å². The van der Waals surface area contributed by atoms with Crippen LogP contribution in [0.2, 0.25) is 0 Å². The summed E-state index contributed by atoms with van der Waals surface area (Å²) in [5, 5.41) is 2.63. The highest BCUT2D eigenvalue weighted by Crippen LogP contribution is 2.48. The monoisotopic (exact) mass is 492 g/mol. The van der Waals surface area contributed by atoms with Crippen molar-refractivity contribution in [1.82, 2.24) is 0 Å². The molecule has 0 amide bonds. The second-order valence-corrected chi connectivity index (χ2v) is 9.76. The summed E-state index contributed by atoms with van der Waals surface area (Å²) in [5.74, 6) is 1.05. The first kappa shape index (κ1) is 18.4. The molecule has 2 heteroatoms. The summed E-state index contributed by atoms with van der Waals surface area (Å²) in [6, 6.07) is 17.7. The highest BCUT2D eigenvalue weighted by Gasteiger charge is 2.29. The average Bonchev–Trinajstić information content (AvgIpc) is 3.18. The fourth-order valence-electron chi connectivity index (χ4n) is 5.03. The van der Waals surface area contributed by atoms with Crippen LogP contribution in [0.4, 0.5) is 0 Å². The normalized spacial score (nSPS) is 20.1. The third kappa shape index (κ3) is 2.84. The number of hydrogen-bond acceptors (Lipinski definition) is 0. The van der Waals surface area contributed by atoms with E-state index in [2.05, 4.69) is 106 Å². The van der Waals surface area contributed by atoms with Gasteiger partial charge in [-0.15, -0.1) is 0 Å². The number of rotatable bonds is 3. The van der Waals surface area contributed by atoms with Gasteiger partial charge in [0.05, 0.1) is 0 Å². The summed E-state index contributed by atoms with van der Waals surface area (Å²) in [7, 11) is 0. The summed E-state index contributed by atoms with van der Waals surface area (Å²) in [6.07, 6.45) is 7.12. The van der Waals surface area contributed by atoms with Crippen LogP contribution in [0.25, 0.3) is 22.9 Å². The van der Waals surface area contributed by atoms with E-state index < -0.39 is 0 Å². The molecule has 0 saturated heterocycles. The minimum absolute atomic E-state index is 0.514. The molecular formula is C26H22Br2. The Morgan fingerprint density at radius 3 is 2.21 bits per heavy atom. The molecule has 28 heavy (non-hydrogen) atoms. The second kappa shape index (κ2) is 7.00. The van der Waals surface area contributed by atoms with Crippen molar-refractivity contribution in [2.75, 3.05) is 0 Å². The van der Waals surface area contributed by atoms with E-state index in [4.69, 9.17) is 0 Å². The van der Waals surface area contributed by atoms with Crippen LogP contribution in [0, 0.1) is 0 Å². The molecule has 0 N–H and O–H groups in total. The number of fused-ring (bicyclic) bond motifs is 3. The lowest BCUT2D eigenvalue weighted by atomic mass is 9.84. The molecule has 0 aromatic heterocycles. The van der Waals surface area contributed by atoms with E-state index in [-0.39, 0.29) is 0 Å². The molecule has 2 aliphatic rings. The van der Waals surface area contributed by atoms with Crippen LogP contribution >= 0.6 is 31.9 Å². The molecule has 0 aliphatic heterocycles. The third-order valence-electron chi connectivity index (χ3n) is 6.48. The highest BCUT2D eigenvalue weighted by molar-refractivity contribution is 9.11. The highest BCUT2D eigenvalue weighted by atomic mass is 79.9. The first-order chi connectivity index (χ1) is 13.5. The van der Waals surface area contributed by atoms with Gasteiger partial charge < -0.3 is 0 Å². The van der Waals surface area contributed by atoms with E-state index in [0.29, 0.717) is 11.8 Å². The van der Waals surface area contributed by atoms with E-state index in [1.54, 1.807) is 0 Å². The van der Waals surface area contributed by atoms with Gasteiger partial charge in [0.2, 0.25) is 0 Å². The zero-order valence-corrected chi connectivity index (χ0v) is 19.3. The Kier molecular flexibility index (Phi) is 4.60. The average molecular weight is 494 g/mol. The van der Waals surface area contributed by atoms with Crippen LogP contribution in [0.3, 0.4) is 0 Å². The fraction of sp³-hybridized carbons (Fsp3) is 0.231. The van der Waals surface area contributed by atoms with Crippen LogP contribution in [0.1, 0.15) is 60.8 Å². The number of halogens is 2. The van der Waals surface area contributed by atoms with Crippen molar-refractivity contribution >= 4 is 54.8 Å². The molecule has 3 aromatic carbocycles. The van der Waals surface area contributed by atoms with E-state index in [1.165, 1.54) is 66.0 Å². The van der Waals surface area contributed by atoms with Crippen molar-refractivity contribution in [3.05, 3.63) is 90.9 Å². The Morgan fingerprint density at radius 2 is 1.43 bits per heavy atom. The maximum atomic E-state index is 3.89. The standard InChI is InChI=1S/C26H22Br2/c1-15-12-23-21(8-5-9-25(23)27)18(15)10-11-19-16(2)13-24-22(19)14-17-6-3-4-7-20(17)26(24)28/h3-9,12-14,18-19H,10-11H2,1-2H3. The molecule has 0 heterocycles. The van der Waals surface area contributed by atoms with Crippen LogP contribution < -0.4 is 0 Å². The van der Waals surface area contributed by atoms with E-state index in [9.17, 15) is 0 Å². The molecule has 2 atom stereocenters. The lowest BCUT2D eigenvalue weighted by Gasteiger charge is -2.20. The number of benzene rings is 3. The van der Waals surface area contributed by atoms with Crippen molar-refractivity contribution in [3.63, 3.8) is 0 Å². The summed E-state index contributed by atoms with van der Waals surface area (Å²) >= 11 is 7.61. The predicted octanol–water partition coefficient (Wildman–Crippen LogP) is 8.85. The molecule has 0 nitrogen and oxygen atoms in total. The Bertz CT molecular complexity index is 1170. The molecule has 2 unspecified atom stereocenters. The molecule has 2 aliphatic carbocycles. The van der Waals surface area contributed by atoms with Gasteiger partial charge >= 0.3 is 0 Å². The zero-order valence-electron chi connectivity index (χ0n) is 16.1. The second-order valence-electron chi connectivity index (χ2n) is 8.12. The van der Waals surface area contributed by atoms with Crippen molar-refractivity contribution in [3.8, 4) is 0 Å². The molecular weight excluding hydrogens is 472 g/mol. The molecule has 0 bridgehead atoms. The van der Waals surface area contributed by atoms with Crippen molar-refractivity contribution < 1.29 is 0 Å². The molecule has 3 aromatic rings. The Hall–Kier alpha value is -1.64. The lowest BCUT2D eigenvalue weighted by molar-refractivity contribution is 0.611. The molecule has 5 rings (SSSR count). The maximum Gasteiger partial charge on any atom is 0.0329 e.